The second-order valence-electron chi connectivity index (χ2n) is 4.79. The molecule has 0 aliphatic carbocycles. The van der Waals surface area contributed by atoms with Crippen molar-refractivity contribution < 1.29 is 10.0 Å². The van der Waals surface area contributed by atoms with Crippen LogP contribution in [0.2, 0.25) is 0 Å². The third-order valence-corrected chi connectivity index (χ3v) is 3.20. The molecule has 2 aromatic rings. The molecule has 0 bridgehead atoms. The Kier molecular flexibility index (Phi) is 4.47. The summed E-state index contributed by atoms with van der Waals surface area (Å²) in [5, 5.41) is 23.8. The quantitative estimate of drug-likeness (QED) is 0.625. The number of anilines is 1. The molecule has 2 rings (SSSR count). The number of nitrogens with zero attached hydrogens (tertiary/aromatic N) is 2. The van der Waals surface area contributed by atoms with Crippen LogP contribution in [0.3, 0.4) is 0 Å². The lowest BCUT2D eigenvalue weighted by molar-refractivity contribution is -0.382. The van der Waals surface area contributed by atoms with Gasteiger partial charge < -0.3 is 10.4 Å². The maximum Gasteiger partial charge on any atom is 0.301 e. The number of pyridine rings is 1. The van der Waals surface area contributed by atoms with E-state index in [0.29, 0.717) is 29.6 Å². The molecule has 20 heavy (non-hydrogen) atoms. The van der Waals surface area contributed by atoms with Gasteiger partial charge in [-0.15, -0.1) is 0 Å². The lowest BCUT2D eigenvalue weighted by atomic mass is 10.1. The topological polar surface area (TPSA) is 88.3 Å². The van der Waals surface area contributed by atoms with Crippen molar-refractivity contribution in [3.05, 3.63) is 40.6 Å². The molecule has 0 amide bonds. The molecule has 106 valence electrons. The predicted molar refractivity (Wildman–Crippen MR) is 77.8 cm³/mol. The maximum absolute atomic E-state index is 11.3. The highest BCUT2D eigenvalue weighted by Crippen LogP contribution is 2.32. The largest absolute Gasteiger partial charge is 0.396 e. The monoisotopic (exact) mass is 275 g/mol. The van der Waals surface area contributed by atoms with Crippen LogP contribution in [0.4, 0.5) is 11.4 Å². The van der Waals surface area contributed by atoms with E-state index in [1.165, 1.54) is 0 Å². The summed E-state index contributed by atoms with van der Waals surface area (Å²) in [5.41, 5.74) is 1.14. The molecule has 1 heterocycles. The Hall–Kier alpha value is -2.21. The molecular formula is C14H17N3O3. The minimum atomic E-state index is -0.386. The van der Waals surface area contributed by atoms with Crippen LogP contribution in [0.1, 0.15) is 13.3 Å². The fraction of sp³-hybridized carbons (Fsp3) is 0.357. The molecule has 0 saturated carbocycles. The number of nitro benzene ring substituents is 1. The highest BCUT2D eigenvalue weighted by Gasteiger charge is 2.18. The molecule has 0 aliphatic heterocycles. The molecule has 0 spiro atoms. The van der Waals surface area contributed by atoms with Crippen molar-refractivity contribution in [1.82, 2.24) is 4.98 Å². The van der Waals surface area contributed by atoms with E-state index < -0.39 is 0 Å². The number of benzene rings is 1. The van der Waals surface area contributed by atoms with Gasteiger partial charge in [0.05, 0.1) is 15.8 Å². The molecule has 0 aliphatic rings. The lowest BCUT2D eigenvalue weighted by Crippen LogP contribution is -2.13. The molecule has 0 saturated heterocycles. The van der Waals surface area contributed by atoms with Crippen LogP contribution < -0.4 is 5.32 Å². The highest BCUT2D eigenvalue weighted by atomic mass is 16.6. The van der Waals surface area contributed by atoms with E-state index in [1.807, 2.05) is 6.92 Å². The molecule has 6 nitrogen and oxygen atoms in total. The number of nitro groups is 1. The Morgan fingerprint density at radius 1 is 1.45 bits per heavy atom. The van der Waals surface area contributed by atoms with Crippen LogP contribution >= 0.6 is 0 Å². The van der Waals surface area contributed by atoms with Crippen LogP contribution in [-0.2, 0) is 0 Å². The second-order valence-corrected chi connectivity index (χ2v) is 4.79. The molecule has 6 heteroatoms. The first-order valence-corrected chi connectivity index (χ1v) is 6.50. The number of nitrogens with one attached hydrogen (secondary N) is 1. The van der Waals surface area contributed by atoms with E-state index >= 15 is 0 Å². The van der Waals surface area contributed by atoms with Crippen molar-refractivity contribution in [3.63, 3.8) is 0 Å². The summed E-state index contributed by atoms with van der Waals surface area (Å²) in [7, 11) is 0. The van der Waals surface area contributed by atoms with Crippen molar-refractivity contribution in [2.75, 3.05) is 18.5 Å². The van der Waals surface area contributed by atoms with Gasteiger partial charge in [-0.3, -0.25) is 15.1 Å². The van der Waals surface area contributed by atoms with Gasteiger partial charge in [0.2, 0.25) is 0 Å². The molecule has 2 N–H and O–H groups in total. The molecule has 1 atom stereocenters. The van der Waals surface area contributed by atoms with Crippen molar-refractivity contribution in [2.24, 2.45) is 5.92 Å². The minimum absolute atomic E-state index is 0.0480. The maximum atomic E-state index is 11.3. The summed E-state index contributed by atoms with van der Waals surface area (Å²) in [6.45, 7) is 2.68. The predicted octanol–water partition coefficient (Wildman–Crippen LogP) is 2.57. The van der Waals surface area contributed by atoms with E-state index in [1.54, 1.807) is 30.5 Å². The number of hydrogen-bond donors (Lipinski definition) is 2. The van der Waals surface area contributed by atoms with Gasteiger partial charge in [0.1, 0.15) is 5.69 Å². The fourth-order valence-electron chi connectivity index (χ4n) is 2.08. The molecule has 0 radical (unpaired) electrons. The van der Waals surface area contributed by atoms with Gasteiger partial charge in [-0.1, -0.05) is 6.92 Å². The van der Waals surface area contributed by atoms with Crippen LogP contribution in [0.25, 0.3) is 10.9 Å². The Morgan fingerprint density at radius 2 is 2.25 bits per heavy atom. The SMILES string of the molecule is CC(CCO)CNc1ccc2ncccc2c1[N+](=O)[O-]. The number of aliphatic hydroxyl groups excluding tert-OH is 1. The fourth-order valence-corrected chi connectivity index (χ4v) is 2.08. The number of aliphatic hydroxyl groups is 1. The molecule has 1 aromatic carbocycles. The lowest BCUT2D eigenvalue weighted by Gasteiger charge is -2.13. The first-order valence-electron chi connectivity index (χ1n) is 6.50. The zero-order chi connectivity index (χ0) is 14.5. The summed E-state index contributed by atoms with van der Waals surface area (Å²) in [5.74, 6) is 0.240. The van der Waals surface area contributed by atoms with Gasteiger partial charge in [0, 0.05) is 19.3 Å². The third-order valence-electron chi connectivity index (χ3n) is 3.20. The van der Waals surface area contributed by atoms with Crippen LogP contribution in [0.5, 0.6) is 0 Å². The average molecular weight is 275 g/mol. The van der Waals surface area contributed by atoms with Gasteiger partial charge in [0.15, 0.2) is 0 Å². The van der Waals surface area contributed by atoms with E-state index in [4.69, 9.17) is 5.11 Å². The smallest absolute Gasteiger partial charge is 0.301 e. The number of hydrogen-bond acceptors (Lipinski definition) is 5. The van der Waals surface area contributed by atoms with E-state index in [-0.39, 0.29) is 23.1 Å². The molecular weight excluding hydrogens is 258 g/mol. The van der Waals surface area contributed by atoms with Gasteiger partial charge in [-0.25, -0.2) is 0 Å². The van der Waals surface area contributed by atoms with Gasteiger partial charge in [-0.05, 0) is 36.6 Å². The second kappa shape index (κ2) is 6.29. The average Bonchev–Trinajstić information content (AvgIpc) is 2.44. The minimum Gasteiger partial charge on any atom is -0.396 e. The molecule has 0 fully saturated rings. The van der Waals surface area contributed by atoms with Crippen LogP contribution in [-0.4, -0.2) is 28.2 Å². The summed E-state index contributed by atoms with van der Waals surface area (Å²) < 4.78 is 0. The summed E-state index contributed by atoms with van der Waals surface area (Å²) >= 11 is 0. The Balaban J connectivity index is 2.33. The van der Waals surface area contributed by atoms with Crippen molar-refractivity contribution in [2.45, 2.75) is 13.3 Å². The molecule has 1 unspecified atom stereocenters. The van der Waals surface area contributed by atoms with Crippen LogP contribution in [0, 0.1) is 16.0 Å². The van der Waals surface area contributed by atoms with Crippen molar-refractivity contribution in [1.29, 1.82) is 0 Å². The number of fused-ring (bicyclic) bond motifs is 1. The van der Waals surface area contributed by atoms with Crippen molar-refractivity contribution >= 4 is 22.3 Å². The van der Waals surface area contributed by atoms with E-state index in [0.717, 1.165) is 0 Å². The molecule has 1 aromatic heterocycles. The van der Waals surface area contributed by atoms with Gasteiger partial charge in [0.25, 0.3) is 0 Å². The van der Waals surface area contributed by atoms with E-state index in [2.05, 4.69) is 10.3 Å². The first-order chi connectivity index (χ1) is 9.63. The zero-order valence-corrected chi connectivity index (χ0v) is 11.2. The number of aromatic nitrogens is 1. The van der Waals surface area contributed by atoms with Gasteiger partial charge in [-0.2, -0.15) is 0 Å². The summed E-state index contributed by atoms with van der Waals surface area (Å²) in [4.78, 5) is 15.0. The summed E-state index contributed by atoms with van der Waals surface area (Å²) in [6.07, 6.45) is 2.28. The summed E-state index contributed by atoms with van der Waals surface area (Å²) in [6, 6.07) is 6.83. The first kappa shape index (κ1) is 14.2. The van der Waals surface area contributed by atoms with E-state index in [9.17, 15) is 10.1 Å². The third kappa shape index (κ3) is 3.03. The van der Waals surface area contributed by atoms with Crippen molar-refractivity contribution in [3.8, 4) is 0 Å². The Labute approximate surface area is 116 Å². The van der Waals surface area contributed by atoms with Gasteiger partial charge >= 0.3 is 5.69 Å². The normalized spacial score (nSPS) is 12.3. The standard InChI is InChI=1S/C14H17N3O3/c1-10(6-8-18)9-16-13-5-4-12-11(3-2-7-15-12)14(13)17(19)20/h2-5,7,10,16,18H,6,8-9H2,1H3. The zero-order valence-electron chi connectivity index (χ0n) is 11.2. The Bertz CT molecular complexity index is 616. The number of rotatable bonds is 6. The Morgan fingerprint density at radius 3 is 2.95 bits per heavy atom. The highest BCUT2D eigenvalue weighted by molar-refractivity contribution is 5.94. The van der Waals surface area contributed by atoms with Crippen LogP contribution in [0.15, 0.2) is 30.5 Å².